The number of aromatic nitrogens is 2. The molecule has 0 aliphatic heterocycles. The van der Waals surface area contributed by atoms with Gasteiger partial charge in [0.25, 0.3) is 0 Å². The minimum Gasteiger partial charge on any atom is -0.491 e. The van der Waals surface area contributed by atoms with Gasteiger partial charge in [0, 0.05) is 0 Å². The van der Waals surface area contributed by atoms with Gasteiger partial charge in [0.1, 0.15) is 0 Å². The predicted octanol–water partition coefficient (Wildman–Crippen LogP) is 2.39. The van der Waals surface area contributed by atoms with Crippen molar-refractivity contribution in [1.29, 1.82) is 0 Å². The molecule has 2 rings (SSSR count). The van der Waals surface area contributed by atoms with Crippen LogP contribution in [-0.4, -0.2) is 27.6 Å². The second-order valence-electron chi connectivity index (χ2n) is 4.79. The molecule has 96 valence electrons. The van der Waals surface area contributed by atoms with E-state index < -0.39 is 0 Å². The smallest absolute Gasteiger partial charge is 0.157 e. The summed E-state index contributed by atoms with van der Waals surface area (Å²) in [6, 6.07) is 0.318. The first-order chi connectivity index (χ1) is 8.24. The molecule has 1 aliphatic carbocycles. The van der Waals surface area contributed by atoms with Crippen LogP contribution in [0.25, 0.3) is 0 Å². The maximum atomic E-state index is 9.79. The first kappa shape index (κ1) is 12.4. The number of hydrogen-bond donors (Lipinski definition) is 1. The third-order valence-corrected chi connectivity index (χ3v) is 3.68. The SMILES string of the molecule is CCOc1cnn(C2CC(O)CCC2CC)c1. The van der Waals surface area contributed by atoms with Crippen LogP contribution in [0.15, 0.2) is 12.4 Å². The Labute approximate surface area is 103 Å². The molecular formula is C13H22N2O2. The highest BCUT2D eigenvalue weighted by molar-refractivity contribution is 5.12. The van der Waals surface area contributed by atoms with Crippen molar-refractivity contribution in [3.05, 3.63) is 12.4 Å². The lowest BCUT2D eigenvalue weighted by molar-refractivity contribution is 0.0667. The summed E-state index contributed by atoms with van der Waals surface area (Å²) in [5.74, 6) is 1.44. The summed E-state index contributed by atoms with van der Waals surface area (Å²) in [5, 5.41) is 14.2. The molecule has 0 aromatic carbocycles. The van der Waals surface area contributed by atoms with E-state index in [2.05, 4.69) is 12.0 Å². The second-order valence-corrected chi connectivity index (χ2v) is 4.79. The van der Waals surface area contributed by atoms with Crippen molar-refractivity contribution in [2.45, 2.75) is 51.7 Å². The Kier molecular flexibility index (Phi) is 4.05. The molecule has 3 unspecified atom stereocenters. The zero-order valence-electron chi connectivity index (χ0n) is 10.7. The van der Waals surface area contributed by atoms with Crippen LogP contribution in [0, 0.1) is 5.92 Å². The van der Waals surface area contributed by atoms with Gasteiger partial charge in [-0.3, -0.25) is 4.68 Å². The Morgan fingerprint density at radius 2 is 2.29 bits per heavy atom. The van der Waals surface area contributed by atoms with Gasteiger partial charge in [-0.15, -0.1) is 0 Å². The normalized spacial score (nSPS) is 29.2. The van der Waals surface area contributed by atoms with Crippen LogP contribution >= 0.6 is 0 Å². The topological polar surface area (TPSA) is 47.3 Å². The Morgan fingerprint density at radius 3 is 3.00 bits per heavy atom. The number of aliphatic hydroxyl groups is 1. The third-order valence-electron chi connectivity index (χ3n) is 3.68. The van der Waals surface area contributed by atoms with E-state index in [-0.39, 0.29) is 6.10 Å². The summed E-state index contributed by atoms with van der Waals surface area (Å²) >= 11 is 0. The van der Waals surface area contributed by atoms with Crippen LogP contribution in [0.1, 0.15) is 45.6 Å². The van der Waals surface area contributed by atoms with Gasteiger partial charge < -0.3 is 9.84 Å². The van der Waals surface area contributed by atoms with Crippen molar-refractivity contribution in [2.75, 3.05) is 6.61 Å². The molecule has 1 N–H and O–H groups in total. The summed E-state index contributed by atoms with van der Waals surface area (Å²) in [7, 11) is 0. The number of nitrogens with zero attached hydrogens (tertiary/aromatic N) is 2. The fraction of sp³-hybridized carbons (Fsp3) is 0.769. The molecule has 17 heavy (non-hydrogen) atoms. The molecule has 1 aromatic rings. The fourth-order valence-electron chi connectivity index (χ4n) is 2.73. The van der Waals surface area contributed by atoms with Crippen molar-refractivity contribution in [2.24, 2.45) is 5.92 Å². The molecule has 0 spiro atoms. The number of aliphatic hydroxyl groups excluding tert-OH is 1. The quantitative estimate of drug-likeness (QED) is 0.876. The summed E-state index contributed by atoms with van der Waals surface area (Å²) in [6.45, 7) is 4.84. The highest BCUT2D eigenvalue weighted by Crippen LogP contribution is 2.36. The van der Waals surface area contributed by atoms with Gasteiger partial charge in [0.15, 0.2) is 5.75 Å². The molecule has 3 atom stereocenters. The molecule has 0 bridgehead atoms. The highest BCUT2D eigenvalue weighted by Gasteiger charge is 2.30. The largest absolute Gasteiger partial charge is 0.491 e. The van der Waals surface area contributed by atoms with Crippen LogP contribution < -0.4 is 4.74 Å². The molecule has 1 aliphatic rings. The Hall–Kier alpha value is -1.03. The van der Waals surface area contributed by atoms with E-state index in [0.717, 1.165) is 31.4 Å². The summed E-state index contributed by atoms with van der Waals surface area (Å²) in [4.78, 5) is 0. The standard InChI is InChI=1S/C13H22N2O2/c1-3-10-5-6-11(16)7-13(10)15-9-12(8-14-15)17-4-2/h8-11,13,16H,3-7H2,1-2H3. The van der Waals surface area contributed by atoms with Crippen LogP contribution in [0.3, 0.4) is 0 Å². The molecule has 1 aromatic heterocycles. The Balaban J connectivity index is 2.11. The van der Waals surface area contributed by atoms with Gasteiger partial charge in [0.2, 0.25) is 0 Å². The van der Waals surface area contributed by atoms with Crippen molar-refractivity contribution in [3.8, 4) is 5.75 Å². The monoisotopic (exact) mass is 238 g/mol. The highest BCUT2D eigenvalue weighted by atomic mass is 16.5. The lowest BCUT2D eigenvalue weighted by Crippen LogP contribution is -2.30. The minimum absolute atomic E-state index is 0.178. The van der Waals surface area contributed by atoms with Crippen molar-refractivity contribution >= 4 is 0 Å². The molecule has 0 amide bonds. The first-order valence-electron chi connectivity index (χ1n) is 6.59. The second kappa shape index (κ2) is 5.54. The van der Waals surface area contributed by atoms with Crippen molar-refractivity contribution in [3.63, 3.8) is 0 Å². The van der Waals surface area contributed by atoms with Gasteiger partial charge in [-0.25, -0.2) is 0 Å². The van der Waals surface area contributed by atoms with E-state index in [1.54, 1.807) is 6.20 Å². The van der Waals surface area contributed by atoms with Gasteiger partial charge in [-0.1, -0.05) is 13.3 Å². The van der Waals surface area contributed by atoms with Crippen molar-refractivity contribution < 1.29 is 9.84 Å². The molecule has 4 nitrogen and oxygen atoms in total. The maximum Gasteiger partial charge on any atom is 0.157 e. The van der Waals surface area contributed by atoms with E-state index in [1.165, 1.54) is 0 Å². The summed E-state index contributed by atoms with van der Waals surface area (Å²) in [5.41, 5.74) is 0. The summed E-state index contributed by atoms with van der Waals surface area (Å²) in [6.07, 6.45) is 7.50. The molecule has 0 radical (unpaired) electrons. The maximum absolute atomic E-state index is 9.79. The number of ether oxygens (including phenoxy) is 1. The van der Waals surface area contributed by atoms with E-state index in [0.29, 0.717) is 18.6 Å². The van der Waals surface area contributed by atoms with Crippen LogP contribution in [0.4, 0.5) is 0 Å². The Morgan fingerprint density at radius 1 is 1.47 bits per heavy atom. The Bertz CT molecular complexity index is 351. The summed E-state index contributed by atoms with van der Waals surface area (Å²) < 4.78 is 7.40. The van der Waals surface area contributed by atoms with Gasteiger partial charge in [0.05, 0.1) is 31.1 Å². The van der Waals surface area contributed by atoms with Gasteiger partial charge in [-0.05, 0) is 32.1 Å². The van der Waals surface area contributed by atoms with Crippen molar-refractivity contribution in [1.82, 2.24) is 9.78 Å². The third kappa shape index (κ3) is 2.80. The zero-order chi connectivity index (χ0) is 12.3. The van der Waals surface area contributed by atoms with E-state index in [4.69, 9.17) is 4.74 Å². The van der Waals surface area contributed by atoms with E-state index >= 15 is 0 Å². The lowest BCUT2D eigenvalue weighted by Gasteiger charge is -2.33. The van der Waals surface area contributed by atoms with Crippen LogP contribution in [0.2, 0.25) is 0 Å². The molecule has 0 saturated heterocycles. The number of hydrogen-bond acceptors (Lipinski definition) is 3. The fourth-order valence-corrected chi connectivity index (χ4v) is 2.73. The van der Waals surface area contributed by atoms with Gasteiger partial charge in [-0.2, -0.15) is 5.10 Å². The molecule has 1 saturated carbocycles. The predicted molar refractivity (Wildman–Crippen MR) is 66.1 cm³/mol. The molecule has 1 heterocycles. The first-order valence-corrected chi connectivity index (χ1v) is 6.59. The van der Waals surface area contributed by atoms with Crippen LogP contribution in [-0.2, 0) is 0 Å². The van der Waals surface area contributed by atoms with E-state index in [1.807, 2.05) is 17.8 Å². The average molecular weight is 238 g/mol. The zero-order valence-corrected chi connectivity index (χ0v) is 10.7. The molecular weight excluding hydrogens is 216 g/mol. The average Bonchev–Trinajstić information content (AvgIpc) is 2.78. The van der Waals surface area contributed by atoms with Gasteiger partial charge >= 0.3 is 0 Å². The molecule has 4 heteroatoms. The number of rotatable bonds is 4. The minimum atomic E-state index is -0.178. The van der Waals surface area contributed by atoms with Crippen LogP contribution in [0.5, 0.6) is 5.75 Å². The van der Waals surface area contributed by atoms with E-state index in [9.17, 15) is 5.11 Å². The molecule has 1 fully saturated rings. The lowest BCUT2D eigenvalue weighted by atomic mass is 9.81.